The zero-order valence-corrected chi connectivity index (χ0v) is 13.0. The number of benzene rings is 1. The molecule has 0 atom stereocenters. The van der Waals surface area contributed by atoms with E-state index in [2.05, 4.69) is 16.4 Å². The Kier molecular flexibility index (Phi) is 5.39. The molecular formula is C16H16N4OS. The van der Waals surface area contributed by atoms with Crippen molar-refractivity contribution < 1.29 is 4.79 Å². The standard InChI is InChI=1S/C16H16N4OS/c1-2-8-22-16-11(10-17)9-13(14(18)20-16)15(21)19-12-6-4-3-5-7-12/h3-7,9H,2,8H2,1H3,(H2,18,20)(H,19,21). The Labute approximate surface area is 133 Å². The third-order valence-corrected chi connectivity index (χ3v) is 4.05. The summed E-state index contributed by atoms with van der Waals surface area (Å²) in [7, 11) is 0. The zero-order valence-electron chi connectivity index (χ0n) is 12.2. The molecule has 0 aliphatic carbocycles. The number of hydrogen-bond donors (Lipinski definition) is 2. The SMILES string of the molecule is CCCSc1nc(N)c(C(=O)Nc2ccccc2)cc1C#N. The van der Waals surface area contributed by atoms with Crippen molar-refractivity contribution >= 4 is 29.2 Å². The summed E-state index contributed by atoms with van der Waals surface area (Å²) in [5.74, 6) is 0.599. The Morgan fingerprint density at radius 1 is 1.41 bits per heavy atom. The second kappa shape index (κ2) is 7.48. The van der Waals surface area contributed by atoms with Crippen molar-refractivity contribution in [3.63, 3.8) is 0 Å². The van der Waals surface area contributed by atoms with E-state index in [0.717, 1.165) is 12.2 Å². The Morgan fingerprint density at radius 3 is 2.77 bits per heavy atom. The third-order valence-electron chi connectivity index (χ3n) is 2.86. The molecule has 0 radical (unpaired) electrons. The molecule has 1 amide bonds. The zero-order chi connectivity index (χ0) is 15.9. The molecule has 2 aromatic rings. The van der Waals surface area contributed by atoms with Crippen molar-refractivity contribution in [1.82, 2.24) is 4.98 Å². The van der Waals surface area contributed by atoms with E-state index in [4.69, 9.17) is 5.73 Å². The Bertz CT molecular complexity index is 710. The first kappa shape index (κ1) is 15.9. The van der Waals surface area contributed by atoms with E-state index in [-0.39, 0.29) is 17.3 Å². The normalized spacial score (nSPS) is 10.0. The summed E-state index contributed by atoms with van der Waals surface area (Å²) in [5, 5.41) is 12.5. The van der Waals surface area contributed by atoms with E-state index in [1.807, 2.05) is 25.1 Å². The van der Waals surface area contributed by atoms with Crippen molar-refractivity contribution in [2.24, 2.45) is 0 Å². The van der Waals surface area contributed by atoms with Crippen LogP contribution in [-0.2, 0) is 0 Å². The van der Waals surface area contributed by atoms with Crippen LogP contribution in [0.25, 0.3) is 0 Å². The second-order valence-electron chi connectivity index (χ2n) is 4.55. The van der Waals surface area contributed by atoms with Crippen molar-refractivity contribution in [3.05, 3.63) is 47.5 Å². The number of para-hydroxylation sites is 1. The molecule has 6 heteroatoms. The van der Waals surface area contributed by atoms with Gasteiger partial charge in [0.1, 0.15) is 16.9 Å². The van der Waals surface area contributed by atoms with Gasteiger partial charge in [0.05, 0.1) is 11.1 Å². The fraction of sp³-hybridized carbons (Fsp3) is 0.188. The van der Waals surface area contributed by atoms with Gasteiger partial charge >= 0.3 is 0 Å². The second-order valence-corrected chi connectivity index (χ2v) is 5.64. The first-order valence-corrected chi connectivity index (χ1v) is 7.84. The number of thioether (sulfide) groups is 1. The van der Waals surface area contributed by atoms with E-state index >= 15 is 0 Å². The molecule has 3 N–H and O–H groups in total. The molecule has 22 heavy (non-hydrogen) atoms. The largest absolute Gasteiger partial charge is 0.383 e. The average molecular weight is 312 g/mol. The van der Waals surface area contributed by atoms with Crippen LogP contribution in [-0.4, -0.2) is 16.6 Å². The highest BCUT2D eigenvalue weighted by molar-refractivity contribution is 7.99. The van der Waals surface area contributed by atoms with Crippen molar-refractivity contribution in [2.75, 3.05) is 16.8 Å². The Morgan fingerprint density at radius 2 is 2.14 bits per heavy atom. The first-order valence-electron chi connectivity index (χ1n) is 6.85. The summed E-state index contributed by atoms with van der Waals surface area (Å²) in [4.78, 5) is 16.5. The molecule has 0 saturated carbocycles. The van der Waals surface area contributed by atoms with E-state index < -0.39 is 0 Å². The van der Waals surface area contributed by atoms with Gasteiger partial charge in [-0.15, -0.1) is 11.8 Å². The minimum absolute atomic E-state index is 0.131. The fourth-order valence-corrected chi connectivity index (χ4v) is 2.62. The third kappa shape index (κ3) is 3.77. The number of anilines is 2. The molecule has 1 aromatic heterocycles. The predicted octanol–water partition coefficient (Wildman–Crippen LogP) is 3.29. The van der Waals surface area contributed by atoms with Gasteiger partial charge in [0.2, 0.25) is 0 Å². The van der Waals surface area contributed by atoms with Crippen molar-refractivity contribution in [1.29, 1.82) is 5.26 Å². The predicted molar refractivity (Wildman–Crippen MR) is 88.8 cm³/mol. The number of hydrogen-bond acceptors (Lipinski definition) is 5. The maximum absolute atomic E-state index is 12.3. The lowest BCUT2D eigenvalue weighted by molar-refractivity contribution is 0.102. The number of carbonyl (C=O) groups excluding carboxylic acids is 1. The molecule has 0 aliphatic rings. The molecule has 0 bridgehead atoms. The van der Waals surface area contributed by atoms with Crippen LogP contribution in [0.4, 0.5) is 11.5 Å². The van der Waals surface area contributed by atoms with E-state index in [1.165, 1.54) is 17.8 Å². The fourth-order valence-electron chi connectivity index (χ4n) is 1.80. The molecule has 0 spiro atoms. The highest BCUT2D eigenvalue weighted by Gasteiger charge is 2.16. The summed E-state index contributed by atoms with van der Waals surface area (Å²) in [6, 6.07) is 12.6. The number of nitrogen functional groups attached to an aromatic ring is 1. The summed E-state index contributed by atoms with van der Waals surface area (Å²) in [5.41, 5.74) is 7.11. The van der Waals surface area contributed by atoms with Crippen LogP contribution in [0.3, 0.4) is 0 Å². The Balaban J connectivity index is 2.27. The number of nitrogens with zero attached hydrogens (tertiary/aromatic N) is 2. The van der Waals surface area contributed by atoms with E-state index in [9.17, 15) is 10.1 Å². The van der Waals surface area contributed by atoms with Crippen LogP contribution in [0.2, 0.25) is 0 Å². The first-order chi connectivity index (χ1) is 10.7. The lowest BCUT2D eigenvalue weighted by Crippen LogP contribution is -2.15. The summed E-state index contributed by atoms with van der Waals surface area (Å²) in [6.45, 7) is 2.05. The minimum atomic E-state index is -0.375. The van der Waals surface area contributed by atoms with Gasteiger partial charge in [0, 0.05) is 5.69 Å². The highest BCUT2D eigenvalue weighted by atomic mass is 32.2. The van der Waals surface area contributed by atoms with Gasteiger partial charge < -0.3 is 11.1 Å². The number of pyridine rings is 1. The van der Waals surface area contributed by atoms with Gasteiger partial charge in [-0.3, -0.25) is 4.79 Å². The van der Waals surface area contributed by atoms with Crippen LogP contribution in [0.5, 0.6) is 0 Å². The maximum Gasteiger partial charge on any atom is 0.259 e. The molecule has 112 valence electrons. The molecule has 0 fully saturated rings. The van der Waals surface area contributed by atoms with Crippen LogP contribution < -0.4 is 11.1 Å². The smallest absolute Gasteiger partial charge is 0.259 e. The van der Waals surface area contributed by atoms with Crippen molar-refractivity contribution in [3.8, 4) is 6.07 Å². The number of aromatic nitrogens is 1. The van der Waals surface area contributed by atoms with E-state index in [0.29, 0.717) is 16.3 Å². The van der Waals surface area contributed by atoms with Gasteiger partial charge in [-0.2, -0.15) is 5.26 Å². The molecule has 2 rings (SSSR count). The van der Waals surface area contributed by atoms with Crippen LogP contribution >= 0.6 is 11.8 Å². The number of carbonyl (C=O) groups is 1. The topological polar surface area (TPSA) is 91.8 Å². The number of nitrogens with one attached hydrogen (secondary N) is 1. The number of nitrogens with two attached hydrogens (primary N) is 1. The lowest BCUT2D eigenvalue weighted by Gasteiger charge is -2.10. The Hall–Kier alpha value is -2.52. The number of rotatable bonds is 5. The summed E-state index contributed by atoms with van der Waals surface area (Å²) >= 11 is 1.46. The van der Waals surface area contributed by atoms with Gasteiger partial charge in [0.25, 0.3) is 5.91 Å². The van der Waals surface area contributed by atoms with Gasteiger partial charge in [-0.05, 0) is 30.4 Å². The van der Waals surface area contributed by atoms with Crippen LogP contribution in [0.15, 0.2) is 41.4 Å². The van der Waals surface area contributed by atoms with Gasteiger partial charge in [-0.1, -0.05) is 25.1 Å². The molecular weight excluding hydrogens is 296 g/mol. The highest BCUT2D eigenvalue weighted by Crippen LogP contribution is 2.25. The number of nitriles is 1. The number of amides is 1. The molecule has 5 nitrogen and oxygen atoms in total. The molecule has 1 heterocycles. The van der Waals surface area contributed by atoms with E-state index in [1.54, 1.807) is 12.1 Å². The molecule has 0 unspecified atom stereocenters. The van der Waals surface area contributed by atoms with Crippen LogP contribution in [0, 0.1) is 11.3 Å². The molecule has 1 aromatic carbocycles. The van der Waals surface area contributed by atoms with Gasteiger partial charge in [-0.25, -0.2) is 4.98 Å². The van der Waals surface area contributed by atoms with Crippen molar-refractivity contribution in [2.45, 2.75) is 18.4 Å². The maximum atomic E-state index is 12.3. The summed E-state index contributed by atoms with van der Waals surface area (Å²) in [6.07, 6.45) is 0.966. The average Bonchev–Trinajstić information content (AvgIpc) is 2.53. The summed E-state index contributed by atoms with van der Waals surface area (Å²) < 4.78 is 0. The molecule has 0 saturated heterocycles. The molecule has 0 aliphatic heterocycles. The van der Waals surface area contributed by atoms with Crippen LogP contribution in [0.1, 0.15) is 29.3 Å². The quantitative estimate of drug-likeness (QED) is 0.827. The minimum Gasteiger partial charge on any atom is -0.383 e. The monoisotopic (exact) mass is 312 g/mol. The van der Waals surface area contributed by atoms with Gasteiger partial charge in [0.15, 0.2) is 0 Å². The lowest BCUT2D eigenvalue weighted by atomic mass is 10.2.